The molecule has 2 N–H and O–H groups in total. The quantitative estimate of drug-likeness (QED) is 0.449. The first-order valence-electron chi connectivity index (χ1n) is 2.78. The molecule has 1 rings (SSSR count). The summed E-state index contributed by atoms with van der Waals surface area (Å²) in [5.41, 5.74) is 7.47. The molecule has 0 unspecified atom stereocenters. The molecule has 9 heavy (non-hydrogen) atoms. The van der Waals surface area contributed by atoms with Crippen molar-refractivity contribution in [1.29, 1.82) is 0 Å². The van der Waals surface area contributed by atoms with Gasteiger partial charge in [0.05, 0.1) is 0 Å². The molecular formula is C7H9NS. The van der Waals surface area contributed by atoms with Crippen molar-refractivity contribution in [1.82, 2.24) is 0 Å². The fourth-order valence-corrected chi connectivity index (χ4v) is 0.888. The van der Waals surface area contributed by atoms with E-state index in [1.54, 1.807) is 0 Å². The second kappa shape index (κ2) is 2.78. The molecule has 0 aliphatic heterocycles. The maximum absolute atomic E-state index is 5.50. The number of hydrogen-bond acceptors (Lipinski definition) is 2. The van der Waals surface area contributed by atoms with E-state index in [9.17, 15) is 0 Å². The van der Waals surface area contributed by atoms with Crippen molar-refractivity contribution >= 4 is 18.3 Å². The zero-order chi connectivity index (χ0) is 6.69. The minimum Gasteiger partial charge on any atom is -0.399 e. The van der Waals surface area contributed by atoms with Crippen molar-refractivity contribution in [3.05, 3.63) is 29.8 Å². The van der Waals surface area contributed by atoms with E-state index in [0.717, 1.165) is 11.4 Å². The van der Waals surface area contributed by atoms with E-state index in [4.69, 9.17) is 5.73 Å². The number of hydrogen-bond donors (Lipinski definition) is 2. The molecule has 0 heterocycles. The Morgan fingerprint density at radius 2 is 2.22 bits per heavy atom. The maximum Gasteiger partial charge on any atom is 0.0317 e. The molecule has 1 aromatic carbocycles. The van der Waals surface area contributed by atoms with Crippen molar-refractivity contribution in [3.63, 3.8) is 0 Å². The average molecular weight is 139 g/mol. The van der Waals surface area contributed by atoms with Crippen LogP contribution in [0.1, 0.15) is 5.56 Å². The van der Waals surface area contributed by atoms with Crippen LogP contribution in [0.3, 0.4) is 0 Å². The molecule has 0 aliphatic carbocycles. The summed E-state index contributed by atoms with van der Waals surface area (Å²) in [6.07, 6.45) is 0. The number of thiol groups is 1. The summed E-state index contributed by atoms with van der Waals surface area (Å²) < 4.78 is 0. The van der Waals surface area contributed by atoms with Crippen LogP contribution >= 0.6 is 12.6 Å². The Morgan fingerprint density at radius 3 is 2.67 bits per heavy atom. The van der Waals surface area contributed by atoms with E-state index in [2.05, 4.69) is 12.6 Å². The van der Waals surface area contributed by atoms with Crippen molar-refractivity contribution < 1.29 is 0 Å². The molecule has 0 aliphatic rings. The fourth-order valence-electron chi connectivity index (χ4n) is 0.691. The van der Waals surface area contributed by atoms with Crippen LogP contribution in [0.15, 0.2) is 24.3 Å². The highest BCUT2D eigenvalue weighted by atomic mass is 32.1. The number of benzene rings is 1. The van der Waals surface area contributed by atoms with Crippen molar-refractivity contribution in [2.45, 2.75) is 5.75 Å². The van der Waals surface area contributed by atoms with Crippen LogP contribution in [-0.4, -0.2) is 0 Å². The third kappa shape index (κ3) is 1.64. The molecule has 2 heteroatoms. The molecule has 48 valence electrons. The van der Waals surface area contributed by atoms with Gasteiger partial charge in [0.1, 0.15) is 0 Å². The molecule has 1 nitrogen and oxygen atoms in total. The Kier molecular flexibility index (Phi) is 2.01. The van der Waals surface area contributed by atoms with Gasteiger partial charge in [-0.2, -0.15) is 12.6 Å². The Morgan fingerprint density at radius 1 is 1.44 bits per heavy atom. The van der Waals surface area contributed by atoms with E-state index in [1.807, 2.05) is 24.3 Å². The van der Waals surface area contributed by atoms with E-state index in [1.165, 1.54) is 5.56 Å². The smallest absolute Gasteiger partial charge is 0.0317 e. The molecule has 0 fully saturated rings. The normalized spacial score (nSPS) is 9.44. The van der Waals surface area contributed by atoms with Gasteiger partial charge >= 0.3 is 0 Å². The first-order valence-corrected chi connectivity index (χ1v) is 3.41. The van der Waals surface area contributed by atoms with Crippen LogP contribution < -0.4 is 5.73 Å². The van der Waals surface area contributed by atoms with E-state index >= 15 is 0 Å². The second-order valence-electron chi connectivity index (χ2n) is 1.90. The average Bonchev–Trinajstić information content (AvgIpc) is 1.88. The Hall–Kier alpha value is -0.630. The third-order valence-electron chi connectivity index (χ3n) is 1.13. The molecule has 0 saturated heterocycles. The van der Waals surface area contributed by atoms with Gasteiger partial charge in [-0.05, 0) is 17.7 Å². The minimum absolute atomic E-state index is 0.755. The summed E-state index contributed by atoms with van der Waals surface area (Å²) in [4.78, 5) is 0. The molecule has 0 amide bonds. The lowest BCUT2D eigenvalue weighted by Crippen LogP contribution is -1.84. The number of nitrogen functional groups attached to an aromatic ring is 1. The van der Waals surface area contributed by atoms with Crippen LogP contribution in [0.2, 0.25) is 0 Å². The molecule has 0 aromatic heterocycles. The fraction of sp³-hybridized carbons (Fsp3) is 0.143. The predicted octanol–water partition coefficient (Wildman–Crippen LogP) is 1.70. The van der Waals surface area contributed by atoms with Gasteiger partial charge in [-0.15, -0.1) is 0 Å². The molecular weight excluding hydrogens is 130 g/mol. The lowest BCUT2D eigenvalue weighted by Gasteiger charge is -1.95. The van der Waals surface area contributed by atoms with Gasteiger partial charge in [0.2, 0.25) is 0 Å². The number of anilines is 1. The Labute approximate surface area is 60.3 Å². The summed E-state index contributed by atoms with van der Waals surface area (Å²) in [6, 6.07) is 7.73. The van der Waals surface area contributed by atoms with Gasteiger partial charge in [0.25, 0.3) is 0 Å². The van der Waals surface area contributed by atoms with Crippen LogP contribution in [-0.2, 0) is 5.75 Å². The molecule has 1 aromatic rings. The highest BCUT2D eigenvalue weighted by Crippen LogP contribution is 2.07. The predicted molar refractivity (Wildman–Crippen MR) is 43.5 cm³/mol. The SMILES string of the molecule is Nc1cccc(CS)c1. The summed E-state index contributed by atoms with van der Waals surface area (Å²) >= 11 is 4.10. The van der Waals surface area contributed by atoms with E-state index < -0.39 is 0 Å². The summed E-state index contributed by atoms with van der Waals surface area (Å²) in [6.45, 7) is 0. The molecule has 0 spiro atoms. The standard InChI is InChI=1S/C7H9NS/c8-7-3-1-2-6(4-7)5-9/h1-4,9H,5,8H2. The lowest BCUT2D eigenvalue weighted by molar-refractivity contribution is 1.43. The number of rotatable bonds is 1. The van der Waals surface area contributed by atoms with Crippen molar-refractivity contribution in [3.8, 4) is 0 Å². The molecule has 0 bridgehead atoms. The van der Waals surface area contributed by atoms with Gasteiger partial charge in [-0.25, -0.2) is 0 Å². The summed E-state index contributed by atoms with van der Waals surface area (Å²) in [5, 5.41) is 0. The summed E-state index contributed by atoms with van der Waals surface area (Å²) in [5.74, 6) is 0.755. The van der Waals surface area contributed by atoms with Crippen molar-refractivity contribution in [2.24, 2.45) is 0 Å². The first-order chi connectivity index (χ1) is 4.33. The summed E-state index contributed by atoms with van der Waals surface area (Å²) in [7, 11) is 0. The highest BCUT2D eigenvalue weighted by Gasteiger charge is 1.86. The Bertz CT molecular complexity index is 198. The third-order valence-corrected chi connectivity index (χ3v) is 1.50. The molecule has 0 atom stereocenters. The second-order valence-corrected chi connectivity index (χ2v) is 2.22. The topological polar surface area (TPSA) is 26.0 Å². The minimum atomic E-state index is 0.755. The van der Waals surface area contributed by atoms with Gasteiger partial charge < -0.3 is 5.73 Å². The Balaban J connectivity index is 2.94. The monoisotopic (exact) mass is 139 g/mol. The van der Waals surface area contributed by atoms with Crippen LogP contribution in [0.4, 0.5) is 5.69 Å². The van der Waals surface area contributed by atoms with Crippen LogP contribution in [0, 0.1) is 0 Å². The lowest BCUT2D eigenvalue weighted by atomic mass is 10.2. The van der Waals surface area contributed by atoms with Gasteiger partial charge in [0, 0.05) is 11.4 Å². The van der Waals surface area contributed by atoms with Gasteiger partial charge in [0.15, 0.2) is 0 Å². The van der Waals surface area contributed by atoms with Crippen LogP contribution in [0.5, 0.6) is 0 Å². The molecule has 0 saturated carbocycles. The molecule has 0 radical (unpaired) electrons. The van der Waals surface area contributed by atoms with Crippen molar-refractivity contribution in [2.75, 3.05) is 5.73 Å². The van der Waals surface area contributed by atoms with Gasteiger partial charge in [-0.1, -0.05) is 12.1 Å². The largest absolute Gasteiger partial charge is 0.399 e. The highest BCUT2D eigenvalue weighted by molar-refractivity contribution is 7.79. The number of nitrogens with two attached hydrogens (primary N) is 1. The van der Waals surface area contributed by atoms with E-state index in [-0.39, 0.29) is 0 Å². The zero-order valence-corrected chi connectivity index (χ0v) is 5.94. The van der Waals surface area contributed by atoms with Gasteiger partial charge in [-0.3, -0.25) is 0 Å². The first kappa shape index (κ1) is 6.49. The maximum atomic E-state index is 5.50. The zero-order valence-electron chi connectivity index (χ0n) is 5.04. The van der Waals surface area contributed by atoms with E-state index in [0.29, 0.717) is 0 Å². The van der Waals surface area contributed by atoms with Crippen LogP contribution in [0.25, 0.3) is 0 Å².